The maximum absolute atomic E-state index is 3.61. The van der Waals surface area contributed by atoms with Crippen molar-refractivity contribution in [3.05, 3.63) is 55.1 Å². The molecule has 0 saturated carbocycles. The molecule has 82 valence electrons. The van der Waals surface area contributed by atoms with Crippen LogP contribution >= 0.6 is 17.8 Å². The van der Waals surface area contributed by atoms with Crippen molar-refractivity contribution < 1.29 is 0 Å². The van der Waals surface area contributed by atoms with E-state index >= 15 is 0 Å². The van der Waals surface area contributed by atoms with Gasteiger partial charge in [0.2, 0.25) is 0 Å². The van der Waals surface area contributed by atoms with Gasteiger partial charge in [-0.3, -0.25) is 0 Å². The van der Waals surface area contributed by atoms with Crippen molar-refractivity contribution >= 4 is 23.1 Å². The number of rotatable bonds is 4. The molecule has 15 heavy (non-hydrogen) atoms. The van der Waals surface area contributed by atoms with Crippen molar-refractivity contribution in [1.82, 2.24) is 0 Å². The van der Waals surface area contributed by atoms with E-state index in [4.69, 9.17) is 0 Å². The molecule has 0 amide bonds. The standard InChI is InChI=1S/C7H9P.C6H11P/c1-6-2-4-7(8)5-3-6;1-3-5-7-6-4-2/h2-5H,8H2,1H3;3-4,7H,1-2,5-6H2. The Morgan fingerprint density at radius 2 is 1.60 bits per heavy atom. The average molecular weight is 238 g/mol. The smallest absolute Gasteiger partial charge is 0.0172 e. The van der Waals surface area contributed by atoms with Crippen LogP contribution in [0.2, 0.25) is 0 Å². The zero-order valence-electron chi connectivity index (χ0n) is 9.37. The molecule has 2 heteroatoms. The Labute approximate surface area is 97.9 Å². The van der Waals surface area contributed by atoms with Gasteiger partial charge < -0.3 is 0 Å². The Balaban J connectivity index is 0.000000265. The topological polar surface area (TPSA) is 0 Å². The minimum absolute atomic E-state index is 0.996. The Kier molecular flexibility index (Phi) is 9.79. The molecule has 0 aliphatic carbocycles. The lowest BCUT2D eigenvalue weighted by atomic mass is 10.2. The molecule has 0 heterocycles. The third-order valence-electron chi connectivity index (χ3n) is 1.65. The van der Waals surface area contributed by atoms with Crippen molar-refractivity contribution in [1.29, 1.82) is 0 Å². The van der Waals surface area contributed by atoms with Crippen LogP contribution in [0, 0.1) is 6.92 Å². The van der Waals surface area contributed by atoms with E-state index in [1.165, 1.54) is 10.9 Å². The summed E-state index contributed by atoms with van der Waals surface area (Å²) in [5.41, 5.74) is 1.32. The molecule has 1 aromatic rings. The van der Waals surface area contributed by atoms with Crippen LogP contribution in [-0.2, 0) is 0 Å². The van der Waals surface area contributed by atoms with Gasteiger partial charge in [-0.05, 0) is 24.6 Å². The van der Waals surface area contributed by atoms with E-state index < -0.39 is 0 Å². The molecule has 1 unspecified atom stereocenters. The molecule has 0 aliphatic rings. The second kappa shape index (κ2) is 10.1. The predicted octanol–water partition coefficient (Wildman–Crippen LogP) is 3.53. The molecule has 0 radical (unpaired) electrons. The molecule has 0 nitrogen and oxygen atoms in total. The van der Waals surface area contributed by atoms with E-state index in [0.29, 0.717) is 0 Å². The summed E-state index contributed by atoms with van der Waals surface area (Å²) in [6.45, 7) is 9.30. The second-order valence-corrected chi connectivity index (χ2v) is 5.13. The van der Waals surface area contributed by atoms with Crippen LogP contribution in [-0.4, -0.2) is 12.3 Å². The molecule has 1 aromatic carbocycles. The van der Waals surface area contributed by atoms with Gasteiger partial charge in [0.15, 0.2) is 0 Å². The van der Waals surface area contributed by atoms with Crippen LogP contribution in [0.1, 0.15) is 5.56 Å². The van der Waals surface area contributed by atoms with Gasteiger partial charge in [-0.25, -0.2) is 0 Å². The van der Waals surface area contributed by atoms with Gasteiger partial charge in [0, 0.05) is 0 Å². The number of allylic oxidation sites excluding steroid dienone is 2. The van der Waals surface area contributed by atoms with Crippen molar-refractivity contribution in [3.8, 4) is 0 Å². The molecule has 0 saturated heterocycles. The van der Waals surface area contributed by atoms with Gasteiger partial charge in [0.25, 0.3) is 0 Å². The van der Waals surface area contributed by atoms with Crippen molar-refractivity contribution in [2.75, 3.05) is 12.3 Å². The minimum Gasteiger partial charge on any atom is -0.114 e. The maximum Gasteiger partial charge on any atom is -0.0172 e. The van der Waals surface area contributed by atoms with Crippen LogP contribution in [0.5, 0.6) is 0 Å². The zero-order valence-corrected chi connectivity index (χ0v) is 11.5. The highest BCUT2D eigenvalue weighted by molar-refractivity contribution is 7.38. The Morgan fingerprint density at radius 3 is 1.93 bits per heavy atom. The maximum atomic E-state index is 3.61. The fourth-order valence-corrected chi connectivity index (χ4v) is 1.62. The third kappa shape index (κ3) is 9.85. The Hall–Kier alpha value is -0.440. The SMILES string of the molecule is C=CCPCC=C.Cc1ccc(P)cc1. The fraction of sp³-hybridized carbons (Fsp3) is 0.231. The van der Waals surface area contributed by atoms with E-state index in [0.717, 1.165) is 20.9 Å². The molecule has 0 spiro atoms. The van der Waals surface area contributed by atoms with Crippen LogP contribution in [0.3, 0.4) is 0 Å². The Morgan fingerprint density at radius 1 is 1.13 bits per heavy atom. The minimum atomic E-state index is 0.996. The summed E-state index contributed by atoms with van der Waals surface area (Å²) in [4.78, 5) is 0. The number of aryl methyl sites for hydroxylation is 1. The first-order chi connectivity index (χ1) is 7.20. The van der Waals surface area contributed by atoms with E-state index in [9.17, 15) is 0 Å². The molecular formula is C13H20P2. The summed E-state index contributed by atoms with van der Waals surface area (Å²) in [6, 6.07) is 8.37. The summed E-state index contributed by atoms with van der Waals surface area (Å²) in [5, 5.41) is 1.25. The quantitative estimate of drug-likeness (QED) is 0.427. The second-order valence-electron chi connectivity index (χ2n) is 3.15. The third-order valence-corrected chi connectivity index (χ3v) is 3.19. The monoisotopic (exact) mass is 238 g/mol. The van der Waals surface area contributed by atoms with Crippen molar-refractivity contribution in [2.45, 2.75) is 6.92 Å². The molecule has 0 aliphatic heterocycles. The predicted molar refractivity (Wildman–Crippen MR) is 79.0 cm³/mol. The molecule has 0 aromatic heterocycles. The average Bonchev–Trinajstić information content (AvgIpc) is 2.24. The van der Waals surface area contributed by atoms with E-state index in [2.05, 4.69) is 53.6 Å². The molecule has 0 bridgehead atoms. The number of hydrogen-bond donors (Lipinski definition) is 0. The normalized spacial score (nSPS) is 8.67. The van der Waals surface area contributed by atoms with Gasteiger partial charge in [-0.1, -0.05) is 42.0 Å². The zero-order chi connectivity index (χ0) is 11.5. The first-order valence-corrected chi connectivity index (χ1v) is 6.94. The number of benzene rings is 1. The first-order valence-electron chi connectivity index (χ1n) is 4.95. The van der Waals surface area contributed by atoms with Crippen molar-refractivity contribution in [2.24, 2.45) is 0 Å². The molecule has 0 fully saturated rings. The fourth-order valence-electron chi connectivity index (χ4n) is 0.854. The van der Waals surface area contributed by atoms with Crippen molar-refractivity contribution in [3.63, 3.8) is 0 Å². The summed E-state index contributed by atoms with van der Waals surface area (Å²) >= 11 is 0. The first kappa shape index (κ1) is 14.6. The molecule has 1 rings (SSSR count). The lowest BCUT2D eigenvalue weighted by molar-refractivity contribution is 1.49. The highest BCUT2D eigenvalue weighted by Gasteiger charge is 1.80. The van der Waals surface area contributed by atoms with E-state index in [-0.39, 0.29) is 0 Å². The lowest BCUT2D eigenvalue weighted by Crippen LogP contribution is -1.85. The van der Waals surface area contributed by atoms with Crippen LogP contribution in [0.4, 0.5) is 0 Å². The summed E-state index contributed by atoms with van der Waals surface area (Å²) in [7, 11) is 3.65. The highest BCUT2D eigenvalue weighted by Crippen LogP contribution is 2.07. The molecule has 1 atom stereocenters. The van der Waals surface area contributed by atoms with Gasteiger partial charge >= 0.3 is 0 Å². The summed E-state index contributed by atoms with van der Waals surface area (Å²) in [6.07, 6.45) is 6.18. The lowest BCUT2D eigenvalue weighted by Gasteiger charge is -1.89. The van der Waals surface area contributed by atoms with Crippen LogP contribution in [0.15, 0.2) is 49.6 Å². The van der Waals surface area contributed by atoms with Gasteiger partial charge in [0.1, 0.15) is 0 Å². The number of hydrogen-bond acceptors (Lipinski definition) is 0. The van der Waals surface area contributed by atoms with E-state index in [1.807, 2.05) is 12.2 Å². The highest BCUT2D eigenvalue weighted by atomic mass is 31.1. The molecular weight excluding hydrogens is 218 g/mol. The van der Waals surface area contributed by atoms with Gasteiger partial charge in [-0.15, -0.1) is 31.0 Å². The summed E-state index contributed by atoms with van der Waals surface area (Å²) < 4.78 is 0. The van der Waals surface area contributed by atoms with Crippen LogP contribution in [0.25, 0.3) is 0 Å². The van der Waals surface area contributed by atoms with Gasteiger partial charge in [-0.2, -0.15) is 0 Å². The Bertz CT molecular complexity index is 246. The molecule has 0 N–H and O–H groups in total. The van der Waals surface area contributed by atoms with E-state index in [1.54, 1.807) is 0 Å². The summed E-state index contributed by atoms with van der Waals surface area (Å²) in [5.74, 6) is 0. The van der Waals surface area contributed by atoms with Gasteiger partial charge in [0.05, 0.1) is 0 Å². The largest absolute Gasteiger partial charge is 0.114 e. The van der Waals surface area contributed by atoms with Crippen LogP contribution < -0.4 is 5.30 Å².